The van der Waals surface area contributed by atoms with Crippen molar-refractivity contribution in [3.63, 3.8) is 0 Å². The van der Waals surface area contributed by atoms with Crippen LogP contribution in [0, 0.1) is 17.8 Å². The molecule has 0 aromatic heterocycles. The van der Waals surface area contributed by atoms with Crippen molar-refractivity contribution in [1.29, 1.82) is 0 Å². The lowest BCUT2D eigenvalue weighted by molar-refractivity contribution is 0.327. The van der Waals surface area contributed by atoms with Gasteiger partial charge in [0.15, 0.2) is 0 Å². The molecule has 0 aliphatic heterocycles. The zero-order valence-electron chi connectivity index (χ0n) is 9.34. The van der Waals surface area contributed by atoms with E-state index in [2.05, 4.69) is 12.2 Å². The molecule has 80 valence electrons. The lowest BCUT2D eigenvalue weighted by atomic mass is 9.98. The topological polar surface area (TPSA) is 12.0 Å². The van der Waals surface area contributed by atoms with Crippen molar-refractivity contribution in [2.45, 2.75) is 64.0 Å². The molecule has 0 aromatic carbocycles. The highest BCUT2D eigenvalue weighted by molar-refractivity contribution is 5.02. The molecule has 0 bridgehead atoms. The van der Waals surface area contributed by atoms with Gasteiger partial charge >= 0.3 is 0 Å². The third kappa shape index (κ3) is 1.60. The van der Waals surface area contributed by atoms with E-state index in [0.717, 1.165) is 29.8 Å². The van der Waals surface area contributed by atoms with E-state index >= 15 is 0 Å². The third-order valence-corrected chi connectivity index (χ3v) is 4.93. The molecule has 0 heterocycles. The van der Waals surface area contributed by atoms with Gasteiger partial charge in [0.25, 0.3) is 0 Å². The van der Waals surface area contributed by atoms with Crippen LogP contribution in [0.4, 0.5) is 0 Å². The second-order valence-electron chi connectivity index (χ2n) is 5.84. The van der Waals surface area contributed by atoms with Gasteiger partial charge in [0.05, 0.1) is 0 Å². The van der Waals surface area contributed by atoms with Gasteiger partial charge in [-0.3, -0.25) is 0 Å². The fourth-order valence-electron chi connectivity index (χ4n) is 3.84. The van der Waals surface area contributed by atoms with Crippen LogP contribution in [-0.2, 0) is 0 Å². The lowest BCUT2D eigenvalue weighted by Gasteiger charge is -2.25. The van der Waals surface area contributed by atoms with Gasteiger partial charge in [-0.05, 0) is 56.8 Å². The van der Waals surface area contributed by atoms with E-state index in [-0.39, 0.29) is 0 Å². The summed E-state index contributed by atoms with van der Waals surface area (Å²) in [6.07, 6.45) is 10.4. The Labute approximate surface area is 87.7 Å². The van der Waals surface area contributed by atoms with Crippen molar-refractivity contribution in [3.8, 4) is 0 Å². The van der Waals surface area contributed by atoms with Gasteiger partial charge < -0.3 is 5.32 Å². The van der Waals surface area contributed by atoms with Crippen LogP contribution in [0.1, 0.15) is 51.9 Å². The summed E-state index contributed by atoms with van der Waals surface area (Å²) in [5.74, 6) is 3.20. The van der Waals surface area contributed by atoms with Crippen LogP contribution in [0.3, 0.4) is 0 Å². The van der Waals surface area contributed by atoms with Crippen LogP contribution in [0.5, 0.6) is 0 Å². The van der Waals surface area contributed by atoms with Gasteiger partial charge in [0.1, 0.15) is 0 Å². The zero-order valence-corrected chi connectivity index (χ0v) is 9.34. The molecule has 0 radical (unpaired) electrons. The molecule has 3 rings (SSSR count). The molecule has 0 aromatic rings. The van der Waals surface area contributed by atoms with Gasteiger partial charge in [-0.25, -0.2) is 0 Å². The van der Waals surface area contributed by atoms with E-state index in [0.29, 0.717) is 0 Å². The second-order valence-corrected chi connectivity index (χ2v) is 5.84. The minimum absolute atomic E-state index is 0.793. The average molecular weight is 193 g/mol. The minimum Gasteiger partial charge on any atom is -0.311 e. The fourth-order valence-corrected chi connectivity index (χ4v) is 3.84. The summed E-state index contributed by atoms with van der Waals surface area (Å²) in [5, 5.41) is 3.91. The Balaban J connectivity index is 1.50. The summed E-state index contributed by atoms with van der Waals surface area (Å²) in [4.78, 5) is 0. The van der Waals surface area contributed by atoms with Gasteiger partial charge in [-0.2, -0.15) is 0 Å². The summed E-state index contributed by atoms with van der Waals surface area (Å²) in [6, 6.07) is 1.69. The van der Waals surface area contributed by atoms with Gasteiger partial charge in [0.2, 0.25) is 0 Å². The quantitative estimate of drug-likeness (QED) is 0.726. The molecule has 3 aliphatic carbocycles. The Morgan fingerprint density at radius 3 is 2.43 bits per heavy atom. The number of nitrogens with one attached hydrogen (secondary N) is 1. The van der Waals surface area contributed by atoms with Crippen LogP contribution in [0.25, 0.3) is 0 Å². The van der Waals surface area contributed by atoms with Crippen molar-refractivity contribution in [3.05, 3.63) is 0 Å². The van der Waals surface area contributed by atoms with Gasteiger partial charge in [-0.15, -0.1) is 0 Å². The van der Waals surface area contributed by atoms with Gasteiger partial charge in [0, 0.05) is 12.1 Å². The molecule has 3 fully saturated rings. The number of hydrogen-bond donors (Lipinski definition) is 1. The predicted octanol–water partition coefficient (Wildman–Crippen LogP) is 2.95. The molecule has 1 nitrogen and oxygen atoms in total. The Morgan fingerprint density at radius 1 is 1.07 bits per heavy atom. The van der Waals surface area contributed by atoms with Crippen molar-refractivity contribution in [2.75, 3.05) is 0 Å². The molecule has 0 amide bonds. The molecule has 1 heteroatoms. The first-order valence-electron chi connectivity index (χ1n) is 6.60. The smallest absolute Gasteiger partial charge is 0.0101 e. The summed E-state index contributed by atoms with van der Waals surface area (Å²) in [5.41, 5.74) is 0. The maximum atomic E-state index is 3.91. The van der Waals surface area contributed by atoms with Crippen LogP contribution in [0.2, 0.25) is 0 Å². The van der Waals surface area contributed by atoms with E-state index < -0.39 is 0 Å². The highest BCUT2D eigenvalue weighted by Crippen LogP contribution is 2.52. The molecule has 14 heavy (non-hydrogen) atoms. The zero-order chi connectivity index (χ0) is 9.54. The first kappa shape index (κ1) is 9.21. The molecule has 0 spiro atoms. The molecular formula is C13H23N. The standard InChI is InChI=1S/C13H23N/c1-9(10-4-2-3-5-10)14-13-7-6-11-8-12(11)13/h9-14H,2-8H2,1H3/t9-,11?,12?,13?/m1/s1. The van der Waals surface area contributed by atoms with Crippen molar-refractivity contribution >= 4 is 0 Å². The van der Waals surface area contributed by atoms with Crippen LogP contribution >= 0.6 is 0 Å². The Kier molecular flexibility index (Phi) is 2.31. The van der Waals surface area contributed by atoms with Crippen LogP contribution in [-0.4, -0.2) is 12.1 Å². The van der Waals surface area contributed by atoms with Gasteiger partial charge in [-0.1, -0.05) is 12.8 Å². The maximum absolute atomic E-state index is 3.91. The van der Waals surface area contributed by atoms with E-state index in [4.69, 9.17) is 0 Å². The normalized spacial score (nSPS) is 43.9. The monoisotopic (exact) mass is 193 g/mol. The first-order chi connectivity index (χ1) is 6.84. The molecule has 0 saturated heterocycles. The lowest BCUT2D eigenvalue weighted by Crippen LogP contribution is -2.40. The largest absolute Gasteiger partial charge is 0.311 e. The maximum Gasteiger partial charge on any atom is 0.0101 e. The highest BCUT2D eigenvalue weighted by Gasteiger charge is 2.48. The molecule has 1 N–H and O–H groups in total. The Morgan fingerprint density at radius 2 is 1.86 bits per heavy atom. The second kappa shape index (κ2) is 3.52. The number of rotatable bonds is 3. The summed E-state index contributed by atoms with van der Waals surface area (Å²) >= 11 is 0. The van der Waals surface area contributed by atoms with E-state index in [1.165, 1.54) is 44.9 Å². The minimum atomic E-state index is 0.793. The molecule has 3 saturated carbocycles. The average Bonchev–Trinajstić information content (AvgIpc) is 2.66. The van der Waals surface area contributed by atoms with E-state index in [1.807, 2.05) is 0 Å². The van der Waals surface area contributed by atoms with Crippen molar-refractivity contribution in [2.24, 2.45) is 17.8 Å². The predicted molar refractivity (Wildman–Crippen MR) is 59.2 cm³/mol. The van der Waals surface area contributed by atoms with Crippen molar-refractivity contribution < 1.29 is 0 Å². The summed E-state index contributed by atoms with van der Waals surface area (Å²) in [6.45, 7) is 2.42. The highest BCUT2D eigenvalue weighted by atomic mass is 15.0. The Bertz CT molecular complexity index is 207. The summed E-state index contributed by atoms with van der Waals surface area (Å²) in [7, 11) is 0. The van der Waals surface area contributed by atoms with Crippen LogP contribution in [0.15, 0.2) is 0 Å². The third-order valence-electron chi connectivity index (χ3n) is 4.93. The first-order valence-corrected chi connectivity index (χ1v) is 6.60. The van der Waals surface area contributed by atoms with Crippen molar-refractivity contribution in [1.82, 2.24) is 5.32 Å². The molecular weight excluding hydrogens is 170 g/mol. The van der Waals surface area contributed by atoms with E-state index in [1.54, 1.807) is 0 Å². The summed E-state index contributed by atoms with van der Waals surface area (Å²) < 4.78 is 0. The fraction of sp³-hybridized carbons (Fsp3) is 1.00. The van der Waals surface area contributed by atoms with Crippen LogP contribution < -0.4 is 5.32 Å². The molecule has 3 unspecified atom stereocenters. The molecule has 4 atom stereocenters. The van der Waals surface area contributed by atoms with E-state index in [9.17, 15) is 0 Å². The number of fused-ring (bicyclic) bond motifs is 1. The SMILES string of the molecule is C[C@@H](NC1CCC2CC21)C1CCCC1. The Hall–Kier alpha value is -0.0400. The molecule has 3 aliphatic rings. The number of hydrogen-bond acceptors (Lipinski definition) is 1.